The number of benzene rings is 3. The van der Waals surface area contributed by atoms with Gasteiger partial charge in [-0.1, -0.05) is 72.8 Å². The maximum absolute atomic E-state index is 13.7. The Hall–Kier alpha value is -4.33. The van der Waals surface area contributed by atoms with E-state index in [2.05, 4.69) is 0 Å². The highest BCUT2D eigenvalue weighted by molar-refractivity contribution is 5.94. The SMILES string of the molecule is COC(=O)N1[C@H](c2ccccc2)OC(=O)[C@]1(CC(=O)OC(C)(C)C)c1ccc(OCc2ccccc2)cc1. The fraction of sp³-hybridized carbons (Fsp3) is 0.300. The van der Waals surface area contributed by atoms with E-state index < -0.39 is 41.8 Å². The third kappa shape index (κ3) is 5.64. The second-order valence-electron chi connectivity index (χ2n) is 9.93. The lowest BCUT2D eigenvalue weighted by Gasteiger charge is -2.35. The third-order valence-electron chi connectivity index (χ3n) is 6.06. The molecule has 8 nitrogen and oxygen atoms in total. The van der Waals surface area contributed by atoms with Crippen molar-refractivity contribution in [1.29, 1.82) is 0 Å². The van der Waals surface area contributed by atoms with Crippen LogP contribution in [0.4, 0.5) is 4.79 Å². The minimum absolute atomic E-state index is 0.357. The Morgan fingerprint density at radius 1 is 0.921 bits per heavy atom. The molecule has 0 spiro atoms. The second kappa shape index (κ2) is 11.0. The van der Waals surface area contributed by atoms with E-state index in [0.29, 0.717) is 23.5 Å². The first-order chi connectivity index (χ1) is 18.1. The monoisotopic (exact) mass is 517 g/mol. The molecule has 1 heterocycles. The molecule has 2 atom stereocenters. The van der Waals surface area contributed by atoms with Crippen LogP contribution in [0.1, 0.15) is 50.1 Å². The first-order valence-corrected chi connectivity index (χ1v) is 12.3. The van der Waals surface area contributed by atoms with E-state index in [9.17, 15) is 14.4 Å². The Kier molecular flexibility index (Phi) is 7.71. The second-order valence-corrected chi connectivity index (χ2v) is 9.93. The number of hydrogen-bond donors (Lipinski definition) is 0. The third-order valence-corrected chi connectivity index (χ3v) is 6.06. The van der Waals surface area contributed by atoms with Gasteiger partial charge in [-0.25, -0.2) is 14.5 Å². The summed E-state index contributed by atoms with van der Waals surface area (Å²) in [5.41, 5.74) is -0.706. The van der Waals surface area contributed by atoms with Crippen molar-refractivity contribution in [1.82, 2.24) is 4.90 Å². The van der Waals surface area contributed by atoms with Gasteiger partial charge < -0.3 is 18.9 Å². The maximum atomic E-state index is 13.7. The fourth-order valence-electron chi connectivity index (χ4n) is 4.41. The van der Waals surface area contributed by atoms with Gasteiger partial charge in [0.15, 0.2) is 5.54 Å². The number of hydrogen-bond acceptors (Lipinski definition) is 7. The predicted molar refractivity (Wildman–Crippen MR) is 139 cm³/mol. The Bertz CT molecular complexity index is 1270. The zero-order valence-corrected chi connectivity index (χ0v) is 21.9. The first-order valence-electron chi connectivity index (χ1n) is 12.3. The molecule has 0 aliphatic carbocycles. The van der Waals surface area contributed by atoms with Gasteiger partial charge in [-0.05, 0) is 44.0 Å². The molecule has 38 heavy (non-hydrogen) atoms. The van der Waals surface area contributed by atoms with Crippen LogP contribution in [0, 0.1) is 0 Å². The lowest BCUT2D eigenvalue weighted by Crippen LogP contribution is -2.51. The highest BCUT2D eigenvalue weighted by Crippen LogP contribution is 2.47. The molecule has 1 saturated heterocycles. The van der Waals surface area contributed by atoms with Gasteiger partial charge >= 0.3 is 18.0 Å². The summed E-state index contributed by atoms with van der Waals surface area (Å²) in [6.45, 7) is 5.55. The van der Waals surface area contributed by atoms with Gasteiger partial charge in [0.25, 0.3) is 0 Å². The molecule has 1 aliphatic rings. The summed E-state index contributed by atoms with van der Waals surface area (Å²) in [7, 11) is 1.21. The van der Waals surface area contributed by atoms with E-state index in [1.165, 1.54) is 12.0 Å². The Morgan fingerprint density at radius 2 is 1.53 bits per heavy atom. The lowest BCUT2D eigenvalue weighted by molar-refractivity contribution is -0.161. The highest BCUT2D eigenvalue weighted by Gasteiger charge is 2.61. The zero-order valence-electron chi connectivity index (χ0n) is 21.9. The standard InChI is InChI=1S/C30H31NO7/c1-29(2,3)38-25(32)19-30(23-15-17-24(18-16-23)36-20-21-11-7-5-8-12-21)27(33)37-26(31(30)28(34)35-4)22-13-9-6-10-14-22/h5-18,26H,19-20H2,1-4H3/t26-,30-/m0/s1. The van der Waals surface area contributed by atoms with Crippen molar-refractivity contribution in [3.8, 4) is 5.75 Å². The fourth-order valence-corrected chi connectivity index (χ4v) is 4.41. The molecule has 3 aromatic carbocycles. The topological polar surface area (TPSA) is 91.4 Å². The van der Waals surface area contributed by atoms with E-state index in [4.69, 9.17) is 18.9 Å². The average molecular weight is 518 g/mol. The molecule has 0 unspecified atom stereocenters. The van der Waals surface area contributed by atoms with Gasteiger partial charge in [0, 0.05) is 5.56 Å². The Labute approximate surface area is 222 Å². The molecule has 198 valence electrons. The molecule has 4 rings (SSSR count). The molecule has 8 heteroatoms. The molecule has 1 aliphatic heterocycles. The number of esters is 2. The lowest BCUT2D eigenvalue weighted by atomic mass is 9.85. The van der Waals surface area contributed by atoms with Gasteiger partial charge in [-0.15, -0.1) is 0 Å². The van der Waals surface area contributed by atoms with Crippen molar-refractivity contribution < 1.29 is 33.3 Å². The first kappa shape index (κ1) is 26.7. The quantitative estimate of drug-likeness (QED) is 0.301. The summed E-state index contributed by atoms with van der Waals surface area (Å²) in [5.74, 6) is -0.873. The highest BCUT2D eigenvalue weighted by atomic mass is 16.6. The molecule has 0 N–H and O–H groups in total. The number of carbonyl (C=O) groups is 3. The van der Waals surface area contributed by atoms with Crippen molar-refractivity contribution >= 4 is 18.0 Å². The summed E-state index contributed by atoms with van der Waals surface area (Å²) >= 11 is 0. The number of methoxy groups -OCH3 is 1. The minimum atomic E-state index is -1.83. The molecular weight excluding hydrogens is 486 g/mol. The largest absolute Gasteiger partial charge is 0.489 e. The summed E-state index contributed by atoms with van der Waals surface area (Å²) in [6.07, 6.45) is -2.39. The van der Waals surface area contributed by atoms with Crippen molar-refractivity contribution in [2.45, 2.75) is 51.2 Å². The molecule has 0 radical (unpaired) electrons. The molecular formula is C30H31NO7. The van der Waals surface area contributed by atoms with Gasteiger partial charge in [-0.3, -0.25) is 4.79 Å². The van der Waals surface area contributed by atoms with Crippen molar-refractivity contribution in [2.24, 2.45) is 0 Å². The normalized spacial score (nSPS) is 19.0. The maximum Gasteiger partial charge on any atom is 0.413 e. The van der Waals surface area contributed by atoms with Gasteiger partial charge in [0.05, 0.1) is 13.5 Å². The Morgan fingerprint density at radius 3 is 2.11 bits per heavy atom. The van der Waals surface area contributed by atoms with Crippen LogP contribution in [0.5, 0.6) is 5.75 Å². The molecule has 1 fully saturated rings. The van der Waals surface area contributed by atoms with Crippen molar-refractivity contribution in [3.63, 3.8) is 0 Å². The number of rotatable bonds is 7. The molecule has 0 aromatic heterocycles. The molecule has 3 aromatic rings. The van der Waals surface area contributed by atoms with E-state index >= 15 is 0 Å². The zero-order chi connectivity index (χ0) is 27.3. The molecule has 0 saturated carbocycles. The van der Waals surface area contributed by atoms with Crippen LogP contribution >= 0.6 is 0 Å². The Balaban J connectivity index is 1.74. The predicted octanol–water partition coefficient (Wildman–Crippen LogP) is 5.52. The van der Waals surface area contributed by atoms with E-state index in [-0.39, 0.29) is 0 Å². The van der Waals surface area contributed by atoms with Gasteiger partial charge in [0.1, 0.15) is 18.0 Å². The van der Waals surface area contributed by atoms with Crippen LogP contribution in [-0.4, -0.2) is 35.6 Å². The van der Waals surface area contributed by atoms with Crippen LogP contribution in [-0.2, 0) is 35.9 Å². The molecule has 1 amide bonds. The van der Waals surface area contributed by atoms with E-state index in [1.54, 1.807) is 69.3 Å². The van der Waals surface area contributed by atoms with Gasteiger partial charge in [-0.2, -0.15) is 0 Å². The summed E-state index contributed by atoms with van der Waals surface area (Å²) in [6, 6.07) is 25.2. The minimum Gasteiger partial charge on any atom is -0.489 e. The van der Waals surface area contributed by atoms with Crippen LogP contribution in [0.2, 0.25) is 0 Å². The average Bonchev–Trinajstić information content (AvgIpc) is 3.19. The number of amides is 1. The summed E-state index contributed by atoms with van der Waals surface area (Å²) < 4.78 is 22.3. The summed E-state index contributed by atoms with van der Waals surface area (Å²) in [4.78, 5) is 41.2. The van der Waals surface area contributed by atoms with Crippen LogP contribution in [0.3, 0.4) is 0 Å². The van der Waals surface area contributed by atoms with E-state index in [0.717, 1.165) is 5.56 Å². The number of carbonyl (C=O) groups excluding carboxylic acids is 3. The number of cyclic esters (lactones) is 1. The van der Waals surface area contributed by atoms with Crippen LogP contribution in [0.25, 0.3) is 0 Å². The van der Waals surface area contributed by atoms with Crippen LogP contribution in [0.15, 0.2) is 84.9 Å². The van der Waals surface area contributed by atoms with Crippen LogP contribution < -0.4 is 4.74 Å². The summed E-state index contributed by atoms with van der Waals surface area (Å²) in [5, 5.41) is 0. The van der Waals surface area contributed by atoms with E-state index in [1.807, 2.05) is 36.4 Å². The van der Waals surface area contributed by atoms with Crippen molar-refractivity contribution in [3.05, 3.63) is 102 Å². The smallest absolute Gasteiger partial charge is 0.413 e. The molecule has 0 bridgehead atoms. The number of ether oxygens (including phenoxy) is 4. The van der Waals surface area contributed by atoms with Crippen molar-refractivity contribution in [2.75, 3.05) is 7.11 Å². The van der Waals surface area contributed by atoms with Gasteiger partial charge in [0.2, 0.25) is 6.23 Å². The number of nitrogens with zero attached hydrogens (tertiary/aromatic N) is 1.